The first-order chi connectivity index (χ1) is 10.7. The Morgan fingerprint density at radius 3 is 2.86 bits per heavy atom. The number of hydrogen-bond donors (Lipinski definition) is 1. The summed E-state index contributed by atoms with van der Waals surface area (Å²) in [5, 5.41) is 4.92. The predicted octanol–water partition coefficient (Wildman–Crippen LogP) is 3.44. The minimum atomic E-state index is -0.0564. The van der Waals surface area contributed by atoms with E-state index < -0.39 is 0 Å². The maximum atomic E-state index is 12.1. The fraction of sp³-hybridized carbons (Fsp3) is 0.118. The van der Waals surface area contributed by atoms with E-state index in [9.17, 15) is 4.79 Å². The quantitative estimate of drug-likeness (QED) is 0.803. The van der Waals surface area contributed by atoms with Gasteiger partial charge in [0.2, 0.25) is 0 Å². The van der Waals surface area contributed by atoms with Gasteiger partial charge in [0, 0.05) is 30.7 Å². The average Bonchev–Trinajstić information content (AvgIpc) is 3.00. The Morgan fingerprint density at radius 2 is 2.14 bits per heavy atom. The number of thiophene rings is 1. The summed E-state index contributed by atoms with van der Waals surface area (Å²) in [5.41, 5.74) is 3.86. The second-order valence-electron chi connectivity index (χ2n) is 4.92. The molecule has 0 aliphatic carbocycles. The number of rotatable bonds is 4. The van der Waals surface area contributed by atoms with Crippen molar-refractivity contribution in [2.24, 2.45) is 0 Å². The summed E-state index contributed by atoms with van der Waals surface area (Å²) < 4.78 is 0. The number of carbonyl (C=O) groups excluding carboxylic acids is 1. The third-order valence-corrected chi connectivity index (χ3v) is 4.27. The highest BCUT2D eigenvalue weighted by molar-refractivity contribution is 7.12. The molecule has 0 aliphatic rings. The van der Waals surface area contributed by atoms with E-state index >= 15 is 0 Å². The standard InChI is InChI=1S/C17H15N3OS/c1-12-8-15(22-11-12)17(21)20-10-14-5-3-7-19-16(14)13-4-2-6-18-9-13/h2-9,11H,10H2,1H3,(H,20,21). The van der Waals surface area contributed by atoms with Crippen molar-refractivity contribution in [3.63, 3.8) is 0 Å². The molecule has 3 rings (SSSR count). The fourth-order valence-electron chi connectivity index (χ4n) is 2.16. The third-order valence-electron chi connectivity index (χ3n) is 3.22. The molecule has 1 amide bonds. The van der Waals surface area contributed by atoms with E-state index in [1.54, 1.807) is 18.6 Å². The molecule has 1 N–H and O–H groups in total. The van der Waals surface area contributed by atoms with Gasteiger partial charge in [0.1, 0.15) is 0 Å². The Morgan fingerprint density at radius 1 is 1.27 bits per heavy atom. The number of hydrogen-bond acceptors (Lipinski definition) is 4. The summed E-state index contributed by atoms with van der Waals surface area (Å²) in [4.78, 5) is 21.4. The molecule has 22 heavy (non-hydrogen) atoms. The zero-order valence-corrected chi connectivity index (χ0v) is 12.9. The van der Waals surface area contributed by atoms with Crippen LogP contribution in [-0.2, 0) is 6.54 Å². The molecule has 3 heterocycles. The van der Waals surface area contributed by atoms with Crippen LogP contribution in [0.25, 0.3) is 11.3 Å². The van der Waals surface area contributed by atoms with E-state index in [-0.39, 0.29) is 5.91 Å². The average molecular weight is 309 g/mol. The summed E-state index contributed by atoms with van der Waals surface area (Å²) in [7, 11) is 0. The molecule has 0 fully saturated rings. The largest absolute Gasteiger partial charge is 0.347 e. The minimum Gasteiger partial charge on any atom is -0.347 e. The lowest BCUT2D eigenvalue weighted by atomic mass is 10.1. The van der Waals surface area contributed by atoms with Gasteiger partial charge in [0.15, 0.2) is 0 Å². The van der Waals surface area contributed by atoms with Crippen LogP contribution in [0.15, 0.2) is 54.3 Å². The van der Waals surface area contributed by atoms with Crippen molar-refractivity contribution in [1.82, 2.24) is 15.3 Å². The van der Waals surface area contributed by atoms with Gasteiger partial charge in [-0.25, -0.2) is 0 Å². The molecular weight excluding hydrogens is 294 g/mol. The zero-order chi connectivity index (χ0) is 15.4. The van der Waals surface area contributed by atoms with Crippen molar-refractivity contribution in [1.29, 1.82) is 0 Å². The first kappa shape index (κ1) is 14.4. The highest BCUT2D eigenvalue weighted by atomic mass is 32.1. The van der Waals surface area contributed by atoms with Crippen LogP contribution in [0, 0.1) is 6.92 Å². The number of aryl methyl sites for hydroxylation is 1. The van der Waals surface area contributed by atoms with Crippen LogP contribution in [0.4, 0.5) is 0 Å². The lowest BCUT2D eigenvalue weighted by molar-refractivity contribution is 0.0955. The third kappa shape index (κ3) is 3.20. The van der Waals surface area contributed by atoms with Crippen molar-refractivity contribution in [3.05, 3.63) is 70.3 Å². The van der Waals surface area contributed by atoms with Gasteiger partial charge in [0.05, 0.1) is 10.6 Å². The summed E-state index contributed by atoms with van der Waals surface area (Å²) in [6, 6.07) is 9.57. The second kappa shape index (κ2) is 6.49. The maximum Gasteiger partial charge on any atom is 0.261 e. The monoisotopic (exact) mass is 309 g/mol. The molecule has 0 saturated carbocycles. The van der Waals surface area contributed by atoms with E-state index in [0.717, 1.165) is 27.3 Å². The van der Waals surface area contributed by atoms with Crippen LogP contribution in [0.1, 0.15) is 20.8 Å². The zero-order valence-electron chi connectivity index (χ0n) is 12.1. The predicted molar refractivity (Wildman–Crippen MR) is 87.7 cm³/mol. The van der Waals surface area contributed by atoms with Gasteiger partial charge in [-0.15, -0.1) is 11.3 Å². The number of nitrogens with zero attached hydrogens (tertiary/aromatic N) is 2. The first-order valence-corrected chi connectivity index (χ1v) is 7.79. The maximum absolute atomic E-state index is 12.1. The van der Waals surface area contributed by atoms with Gasteiger partial charge in [-0.2, -0.15) is 0 Å². The Hall–Kier alpha value is -2.53. The second-order valence-corrected chi connectivity index (χ2v) is 5.84. The molecule has 5 heteroatoms. The number of aromatic nitrogens is 2. The fourth-order valence-corrected chi connectivity index (χ4v) is 2.97. The van der Waals surface area contributed by atoms with Crippen LogP contribution in [0.5, 0.6) is 0 Å². The number of nitrogens with one attached hydrogen (secondary N) is 1. The Kier molecular flexibility index (Phi) is 4.25. The van der Waals surface area contributed by atoms with E-state index in [0.29, 0.717) is 6.54 Å². The summed E-state index contributed by atoms with van der Waals surface area (Å²) in [6.07, 6.45) is 5.25. The Labute approximate surface area is 132 Å². The van der Waals surface area contributed by atoms with Crippen LogP contribution >= 0.6 is 11.3 Å². The Bertz CT molecular complexity index is 783. The highest BCUT2D eigenvalue weighted by Crippen LogP contribution is 2.20. The number of carbonyl (C=O) groups is 1. The van der Waals surface area contributed by atoms with Gasteiger partial charge < -0.3 is 5.32 Å². The summed E-state index contributed by atoms with van der Waals surface area (Å²) >= 11 is 1.46. The SMILES string of the molecule is Cc1csc(C(=O)NCc2cccnc2-c2cccnc2)c1. The van der Waals surface area contributed by atoms with E-state index in [4.69, 9.17) is 0 Å². The normalized spacial score (nSPS) is 10.4. The molecule has 3 aromatic rings. The number of pyridine rings is 2. The molecule has 0 saturated heterocycles. The molecule has 0 unspecified atom stereocenters. The molecule has 0 aliphatic heterocycles. The molecule has 110 valence electrons. The molecule has 0 atom stereocenters. The molecule has 4 nitrogen and oxygen atoms in total. The van der Waals surface area contributed by atoms with Crippen molar-refractivity contribution >= 4 is 17.2 Å². The van der Waals surface area contributed by atoms with Crippen molar-refractivity contribution in [3.8, 4) is 11.3 Å². The summed E-state index contributed by atoms with van der Waals surface area (Å²) in [5.74, 6) is -0.0564. The number of amides is 1. The lowest BCUT2D eigenvalue weighted by Crippen LogP contribution is -2.22. The van der Waals surface area contributed by atoms with E-state index in [1.165, 1.54) is 11.3 Å². The van der Waals surface area contributed by atoms with Crippen molar-refractivity contribution < 1.29 is 4.79 Å². The van der Waals surface area contributed by atoms with Gasteiger partial charge in [-0.05, 0) is 47.7 Å². The first-order valence-electron chi connectivity index (χ1n) is 6.91. The van der Waals surface area contributed by atoms with E-state index in [1.807, 2.05) is 42.6 Å². The van der Waals surface area contributed by atoms with Gasteiger partial charge in [-0.3, -0.25) is 14.8 Å². The molecule has 0 aromatic carbocycles. The molecular formula is C17H15N3OS. The van der Waals surface area contributed by atoms with Crippen LogP contribution in [0.3, 0.4) is 0 Å². The minimum absolute atomic E-state index is 0.0564. The van der Waals surface area contributed by atoms with Crippen LogP contribution < -0.4 is 5.32 Å². The van der Waals surface area contributed by atoms with Crippen molar-refractivity contribution in [2.75, 3.05) is 0 Å². The topological polar surface area (TPSA) is 54.9 Å². The van der Waals surface area contributed by atoms with E-state index in [2.05, 4.69) is 15.3 Å². The summed E-state index contributed by atoms with van der Waals surface area (Å²) in [6.45, 7) is 2.42. The molecule has 0 bridgehead atoms. The van der Waals surface area contributed by atoms with Crippen LogP contribution in [-0.4, -0.2) is 15.9 Å². The Balaban J connectivity index is 1.77. The highest BCUT2D eigenvalue weighted by Gasteiger charge is 2.10. The van der Waals surface area contributed by atoms with Gasteiger partial charge in [-0.1, -0.05) is 6.07 Å². The van der Waals surface area contributed by atoms with Crippen molar-refractivity contribution in [2.45, 2.75) is 13.5 Å². The van der Waals surface area contributed by atoms with Crippen LogP contribution in [0.2, 0.25) is 0 Å². The van der Waals surface area contributed by atoms with Gasteiger partial charge >= 0.3 is 0 Å². The molecule has 0 radical (unpaired) electrons. The smallest absolute Gasteiger partial charge is 0.261 e. The van der Waals surface area contributed by atoms with Gasteiger partial charge in [0.25, 0.3) is 5.91 Å². The molecule has 3 aromatic heterocycles. The molecule has 0 spiro atoms. The lowest BCUT2D eigenvalue weighted by Gasteiger charge is -2.09.